The van der Waals surface area contributed by atoms with Crippen LogP contribution in [0.4, 0.5) is 0 Å². The Labute approximate surface area is 99.9 Å². The Kier molecular flexibility index (Phi) is 3.62. The van der Waals surface area contributed by atoms with Gasteiger partial charge in [0.1, 0.15) is 6.33 Å². The first kappa shape index (κ1) is 11.2. The number of benzene rings is 1. The number of rotatable bonds is 4. The summed E-state index contributed by atoms with van der Waals surface area (Å²) < 4.78 is 2.09. The fourth-order valence-corrected chi connectivity index (χ4v) is 2.41. The zero-order chi connectivity index (χ0) is 11.4. The van der Waals surface area contributed by atoms with Crippen molar-refractivity contribution >= 4 is 11.8 Å². The molecule has 0 aliphatic rings. The predicted octanol–water partition coefficient (Wildman–Crippen LogP) is 3.15. The molecule has 0 radical (unpaired) electrons. The molecule has 0 fully saturated rings. The molecule has 0 spiro atoms. The van der Waals surface area contributed by atoms with Crippen molar-refractivity contribution in [3.05, 3.63) is 42.2 Å². The van der Waals surface area contributed by atoms with Crippen LogP contribution in [0.25, 0.3) is 0 Å². The molecule has 2 rings (SSSR count). The lowest BCUT2D eigenvalue weighted by Crippen LogP contribution is -2.00. The standard InChI is InChI=1S/C12H15N3S/c1-10(2)15-9-13-14-12(15)16-8-11-6-4-3-5-7-11/h3-7,9-10H,8H2,1-2H3. The average Bonchev–Trinajstić information content (AvgIpc) is 2.76. The van der Waals surface area contributed by atoms with E-state index in [-0.39, 0.29) is 0 Å². The Bertz CT molecular complexity index is 437. The lowest BCUT2D eigenvalue weighted by Gasteiger charge is -2.09. The Hall–Kier alpha value is -1.29. The molecule has 0 amide bonds. The Morgan fingerprint density at radius 2 is 2.00 bits per heavy atom. The number of thioether (sulfide) groups is 1. The highest BCUT2D eigenvalue weighted by Crippen LogP contribution is 2.22. The quantitative estimate of drug-likeness (QED) is 0.760. The fourth-order valence-electron chi connectivity index (χ4n) is 1.41. The van der Waals surface area contributed by atoms with Crippen molar-refractivity contribution < 1.29 is 0 Å². The third-order valence-corrected chi connectivity index (χ3v) is 3.34. The van der Waals surface area contributed by atoms with Crippen LogP contribution in [0.15, 0.2) is 41.8 Å². The molecule has 1 aromatic carbocycles. The van der Waals surface area contributed by atoms with Gasteiger partial charge < -0.3 is 4.57 Å². The summed E-state index contributed by atoms with van der Waals surface area (Å²) >= 11 is 1.72. The minimum atomic E-state index is 0.410. The monoisotopic (exact) mass is 233 g/mol. The molecule has 84 valence electrons. The van der Waals surface area contributed by atoms with Gasteiger partial charge in [-0.05, 0) is 19.4 Å². The van der Waals surface area contributed by atoms with Crippen molar-refractivity contribution in [1.82, 2.24) is 14.8 Å². The molecule has 4 heteroatoms. The molecule has 1 heterocycles. The van der Waals surface area contributed by atoms with Crippen LogP contribution in [-0.2, 0) is 5.75 Å². The van der Waals surface area contributed by atoms with E-state index in [1.165, 1.54) is 5.56 Å². The Morgan fingerprint density at radius 3 is 2.69 bits per heavy atom. The van der Waals surface area contributed by atoms with Crippen LogP contribution in [0.1, 0.15) is 25.5 Å². The second kappa shape index (κ2) is 5.16. The van der Waals surface area contributed by atoms with Gasteiger partial charge in [-0.3, -0.25) is 0 Å². The van der Waals surface area contributed by atoms with Gasteiger partial charge in [-0.2, -0.15) is 0 Å². The van der Waals surface area contributed by atoms with Gasteiger partial charge in [0.05, 0.1) is 0 Å². The highest BCUT2D eigenvalue weighted by Gasteiger charge is 2.07. The Morgan fingerprint density at radius 1 is 1.25 bits per heavy atom. The molecular weight excluding hydrogens is 218 g/mol. The van der Waals surface area contributed by atoms with E-state index in [9.17, 15) is 0 Å². The average molecular weight is 233 g/mol. The lowest BCUT2D eigenvalue weighted by atomic mass is 10.2. The molecule has 0 aliphatic heterocycles. The highest BCUT2D eigenvalue weighted by atomic mass is 32.2. The van der Waals surface area contributed by atoms with E-state index in [1.807, 2.05) is 6.07 Å². The van der Waals surface area contributed by atoms with Crippen LogP contribution in [0, 0.1) is 0 Å². The minimum absolute atomic E-state index is 0.410. The number of hydrogen-bond donors (Lipinski definition) is 0. The first-order chi connectivity index (χ1) is 7.77. The normalized spacial score (nSPS) is 10.9. The molecule has 0 atom stereocenters. The lowest BCUT2D eigenvalue weighted by molar-refractivity contribution is 0.549. The topological polar surface area (TPSA) is 30.7 Å². The largest absolute Gasteiger partial charge is 0.306 e. The molecule has 1 aromatic heterocycles. The summed E-state index contributed by atoms with van der Waals surface area (Å²) in [4.78, 5) is 0. The van der Waals surface area contributed by atoms with Gasteiger partial charge in [0.2, 0.25) is 0 Å². The number of nitrogens with zero attached hydrogens (tertiary/aromatic N) is 3. The summed E-state index contributed by atoms with van der Waals surface area (Å²) in [6.07, 6.45) is 1.79. The van der Waals surface area contributed by atoms with Gasteiger partial charge in [0.15, 0.2) is 5.16 Å². The first-order valence-corrected chi connectivity index (χ1v) is 6.32. The van der Waals surface area contributed by atoms with E-state index in [1.54, 1.807) is 18.1 Å². The van der Waals surface area contributed by atoms with E-state index in [0.29, 0.717) is 6.04 Å². The summed E-state index contributed by atoms with van der Waals surface area (Å²) in [5.41, 5.74) is 1.31. The zero-order valence-electron chi connectivity index (χ0n) is 9.50. The van der Waals surface area contributed by atoms with Gasteiger partial charge in [0, 0.05) is 11.8 Å². The summed E-state index contributed by atoms with van der Waals surface area (Å²) in [7, 11) is 0. The molecule has 0 bridgehead atoms. The third-order valence-electron chi connectivity index (χ3n) is 2.31. The maximum Gasteiger partial charge on any atom is 0.191 e. The summed E-state index contributed by atoms with van der Waals surface area (Å²) in [5.74, 6) is 0.937. The van der Waals surface area contributed by atoms with Crippen molar-refractivity contribution in [2.24, 2.45) is 0 Å². The minimum Gasteiger partial charge on any atom is -0.306 e. The van der Waals surface area contributed by atoms with E-state index < -0.39 is 0 Å². The smallest absolute Gasteiger partial charge is 0.191 e. The Balaban J connectivity index is 2.02. The maximum absolute atomic E-state index is 4.13. The summed E-state index contributed by atoms with van der Waals surface area (Å²) in [5, 5.41) is 9.06. The fraction of sp³-hybridized carbons (Fsp3) is 0.333. The predicted molar refractivity (Wildman–Crippen MR) is 66.4 cm³/mol. The van der Waals surface area contributed by atoms with Crippen molar-refractivity contribution in [2.45, 2.75) is 30.8 Å². The van der Waals surface area contributed by atoms with Crippen molar-refractivity contribution in [1.29, 1.82) is 0 Å². The molecule has 0 unspecified atom stereocenters. The second-order valence-corrected chi connectivity index (χ2v) is 4.83. The van der Waals surface area contributed by atoms with E-state index in [2.05, 4.69) is 52.9 Å². The van der Waals surface area contributed by atoms with Gasteiger partial charge in [-0.1, -0.05) is 42.1 Å². The second-order valence-electron chi connectivity index (χ2n) is 3.89. The van der Waals surface area contributed by atoms with Gasteiger partial charge >= 0.3 is 0 Å². The van der Waals surface area contributed by atoms with Crippen LogP contribution >= 0.6 is 11.8 Å². The first-order valence-electron chi connectivity index (χ1n) is 5.33. The molecule has 3 nitrogen and oxygen atoms in total. The molecule has 0 saturated heterocycles. The maximum atomic E-state index is 4.13. The molecule has 0 N–H and O–H groups in total. The van der Waals surface area contributed by atoms with E-state index in [0.717, 1.165) is 10.9 Å². The summed E-state index contributed by atoms with van der Waals surface area (Å²) in [6, 6.07) is 10.8. The molecule has 0 aliphatic carbocycles. The van der Waals surface area contributed by atoms with Crippen molar-refractivity contribution in [3.63, 3.8) is 0 Å². The third kappa shape index (κ3) is 2.64. The molecule has 16 heavy (non-hydrogen) atoms. The number of aromatic nitrogens is 3. The van der Waals surface area contributed by atoms with Gasteiger partial charge in [-0.15, -0.1) is 10.2 Å². The zero-order valence-corrected chi connectivity index (χ0v) is 10.3. The SMILES string of the molecule is CC(C)n1cnnc1SCc1ccccc1. The van der Waals surface area contributed by atoms with Gasteiger partial charge in [-0.25, -0.2) is 0 Å². The van der Waals surface area contributed by atoms with E-state index in [4.69, 9.17) is 0 Å². The summed E-state index contributed by atoms with van der Waals surface area (Å²) in [6.45, 7) is 4.27. The van der Waals surface area contributed by atoms with Crippen molar-refractivity contribution in [2.75, 3.05) is 0 Å². The molecule has 0 saturated carbocycles. The van der Waals surface area contributed by atoms with Crippen LogP contribution in [-0.4, -0.2) is 14.8 Å². The van der Waals surface area contributed by atoms with E-state index >= 15 is 0 Å². The number of hydrogen-bond acceptors (Lipinski definition) is 3. The van der Waals surface area contributed by atoms with Crippen LogP contribution in [0.2, 0.25) is 0 Å². The van der Waals surface area contributed by atoms with Crippen LogP contribution in [0.3, 0.4) is 0 Å². The van der Waals surface area contributed by atoms with Crippen molar-refractivity contribution in [3.8, 4) is 0 Å². The molecule has 2 aromatic rings. The highest BCUT2D eigenvalue weighted by molar-refractivity contribution is 7.98. The van der Waals surface area contributed by atoms with Gasteiger partial charge in [0.25, 0.3) is 0 Å². The van der Waals surface area contributed by atoms with Crippen LogP contribution in [0.5, 0.6) is 0 Å². The molecular formula is C12H15N3S. The van der Waals surface area contributed by atoms with Crippen LogP contribution < -0.4 is 0 Å².